The molecule has 1 atom stereocenters. The third kappa shape index (κ3) is 7.75. The van der Waals surface area contributed by atoms with Gasteiger partial charge in [-0.2, -0.15) is 0 Å². The lowest BCUT2D eigenvalue weighted by Crippen LogP contribution is -2.30. The fourth-order valence-electron chi connectivity index (χ4n) is 1.91. The van der Waals surface area contributed by atoms with Crippen molar-refractivity contribution in [2.24, 2.45) is 11.8 Å². The number of aliphatic carboxylic acids is 1. The van der Waals surface area contributed by atoms with Crippen LogP contribution in [0.5, 0.6) is 0 Å². The van der Waals surface area contributed by atoms with Crippen LogP contribution >= 0.6 is 0 Å². The van der Waals surface area contributed by atoms with Gasteiger partial charge in [-0.25, -0.2) is 5.48 Å². The monoisotopic (exact) mass is 309 g/mol. The Kier molecular flexibility index (Phi) is 8.17. The fraction of sp³-hybridized carbons (Fsp3) is 0.500. The molecule has 1 aromatic rings. The standard InChI is InChI=1S/C16H23NO5/c1-12(2)8-14(16(19)20)10-21-11-15(18)17-22-9-13-6-4-3-5-7-13/h3-7,12,14H,8-11H2,1-2H3,(H,17,18)(H,19,20)/t14-/m0/s1. The maximum atomic E-state index is 11.5. The van der Waals surface area contributed by atoms with E-state index in [4.69, 9.17) is 14.7 Å². The van der Waals surface area contributed by atoms with Crippen molar-refractivity contribution in [1.82, 2.24) is 5.48 Å². The second kappa shape index (κ2) is 9.92. The van der Waals surface area contributed by atoms with Gasteiger partial charge in [0.1, 0.15) is 6.61 Å². The number of carboxylic acid groups (broad SMARTS) is 1. The summed E-state index contributed by atoms with van der Waals surface area (Å²) in [6.45, 7) is 3.94. The summed E-state index contributed by atoms with van der Waals surface area (Å²) in [6.07, 6.45) is 0.515. The molecule has 0 fully saturated rings. The molecule has 0 heterocycles. The Labute approximate surface area is 130 Å². The van der Waals surface area contributed by atoms with E-state index in [1.165, 1.54) is 0 Å². The van der Waals surface area contributed by atoms with E-state index in [0.29, 0.717) is 6.42 Å². The molecule has 6 heteroatoms. The number of hydrogen-bond acceptors (Lipinski definition) is 4. The number of amides is 1. The van der Waals surface area contributed by atoms with Crippen LogP contribution in [-0.4, -0.2) is 30.2 Å². The third-order valence-electron chi connectivity index (χ3n) is 2.93. The largest absolute Gasteiger partial charge is 0.481 e. The first-order valence-electron chi connectivity index (χ1n) is 7.24. The van der Waals surface area contributed by atoms with Gasteiger partial charge >= 0.3 is 5.97 Å². The Morgan fingerprint density at radius 3 is 2.50 bits per heavy atom. The van der Waals surface area contributed by atoms with Crippen LogP contribution in [0.3, 0.4) is 0 Å². The average Bonchev–Trinajstić information content (AvgIpc) is 2.47. The number of hydrogen-bond donors (Lipinski definition) is 2. The smallest absolute Gasteiger partial charge is 0.308 e. The zero-order valence-electron chi connectivity index (χ0n) is 13.0. The highest BCUT2D eigenvalue weighted by Gasteiger charge is 2.19. The molecular weight excluding hydrogens is 286 g/mol. The Morgan fingerprint density at radius 2 is 1.91 bits per heavy atom. The number of ether oxygens (including phenoxy) is 1. The molecule has 22 heavy (non-hydrogen) atoms. The molecule has 0 saturated heterocycles. The number of carboxylic acids is 1. The molecule has 1 rings (SSSR count). The van der Waals surface area contributed by atoms with Gasteiger partial charge in [-0.3, -0.25) is 14.4 Å². The molecule has 1 aromatic carbocycles. The summed E-state index contributed by atoms with van der Waals surface area (Å²) in [5, 5.41) is 9.05. The number of benzene rings is 1. The lowest BCUT2D eigenvalue weighted by molar-refractivity contribution is -0.148. The maximum absolute atomic E-state index is 11.5. The zero-order valence-corrected chi connectivity index (χ0v) is 13.0. The number of rotatable bonds is 10. The minimum atomic E-state index is -0.908. The summed E-state index contributed by atoms with van der Waals surface area (Å²) < 4.78 is 5.15. The lowest BCUT2D eigenvalue weighted by atomic mass is 9.98. The van der Waals surface area contributed by atoms with Gasteiger partial charge in [0.25, 0.3) is 5.91 Å². The van der Waals surface area contributed by atoms with E-state index in [-0.39, 0.29) is 25.7 Å². The van der Waals surface area contributed by atoms with Crippen LogP contribution < -0.4 is 5.48 Å². The van der Waals surface area contributed by atoms with Crippen molar-refractivity contribution in [3.05, 3.63) is 35.9 Å². The van der Waals surface area contributed by atoms with Crippen LogP contribution in [0.25, 0.3) is 0 Å². The SMILES string of the molecule is CC(C)C[C@@H](COCC(=O)NOCc1ccccc1)C(=O)O. The van der Waals surface area contributed by atoms with Gasteiger partial charge in [-0.05, 0) is 17.9 Å². The number of carbonyl (C=O) groups is 2. The van der Waals surface area contributed by atoms with E-state index >= 15 is 0 Å². The van der Waals surface area contributed by atoms with Crippen LogP contribution in [0.15, 0.2) is 30.3 Å². The molecule has 2 N–H and O–H groups in total. The van der Waals surface area contributed by atoms with Gasteiger partial charge in [-0.15, -0.1) is 0 Å². The summed E-state index contributed by atoms with van der Waals surface area (Å²) in [4.78, 5) is 27.6. The molecule has 6 nitrogen and oxygen atoms in total. The van der Waals surface area contributed by atoms with E-state index in [1.54, 1.807) is 0 Å². The minimum Gasteiger partial charge on any atom is -0.481 e. The molecule has 0 spiro atoms. The second-order valence-corrected chi connectivity index (χ2v) is 5.48. The summed E-state index contributed by atoms with van der Waals surface area (Å²) in [5.74, 6) is -1.69. The Hall–Kier alpha value is -1.92. The van der Waals surface area contributed by atoms with E-state index in [1.807, 2.05) is 44.2 Å². The van der Waals surface area contributed by atoms with Crippen molar-refractivity contribution in [2.75, 3.05) is 13.2 Å². The maximum Gasteiger partial charge on any atom is 0.308 e. The molecule has 0 aliphatic heterocycles. The second-order valence-electron chi connectivity index (χ2n) is 5.48. The summed E-state index contributed by atoms with van der Waals surface area (Å²) in [5.41, 5.74) is 3.20. The Bertz CT molecular complexity index is 461. The van der Waals surface area contributed by atoms with Gasteiger partial charge in [0, 0.05) is 0 Å². The van der Waals surface area contributed by atoms with Gasteiger partial charge < -0.3 is 9.84 Å². The third-order valence-corrected chi connectivity index (χ3v) is 2.93. The first-order valence-corrected chi connectivity index (χ1v) is 7.24. The highest BCUT2D eigenvalue weighted by atomic mass is 16.7. The van der Waals surface area contributed by atoms with Crippen LogP contribution in [0.1, 0.15) is 25.8 Å². The lowest BCUT2D eigenvalue weighted by Gasteiger charge is -2.14. The van der Waals surface area contributed by atoms with Gasteiger partial charge in [-0.1, -0.05) is 44.2 Å². The summed E-state index contributed by atoms with van der Waals surface area (Å²) in [6, 6.07) is 9.42. The number of carbonyl (C=O) groups excluding carboxylic acids is 1. The normalized spacial score (nSPS) is 12.1. The van der Waals surface area contributed by atoms with Crippen molar-refractivity contribution in [2.45, 2.75) is 26.9 Å². The predicted octanol–water partition coefficient (Wildman–Crippen LogP) is 2.00. The van der Waals surface area contributed by atoms with E-state index in [2.05, 4.69) is 5.48 Å². The highest BCUT2D eigenvalue weighted by molar-refractivity contribution is 5.76. The first-order chi connectivity index (χ1) is 10.5. The van der Waals surface area contributed by atoms with E-state index < -0.39 is 17.8 Å². The molecule has 1 amide bonds. The first kappa shape index (κ1) is 18.1. The molecule has 0 unspecified atom stereocenters. The van der Waals surface area contributed by atoms with Crippen molar-refractivity contribution in [3.63, 3.8) is 0 Å². The molecule has 0 bridgehead atoms. The topological polar surface area (TPSA) is 84.9 Å². The van der Waals surface area contributed by atoms with E-state index in [0.717, 1.165) is 5.56 Å². The molecule has 0 aromatic heterocycles. The molecule has 0 radical (unpaired) electrons. The summed E-state index contributed by atoms with van der Waals surface area (Å²) in [7, 11) is 0. The van der Waals surface area contributed by atoms with Crippen LogP contribution in [-0.2, 0) is 25.8 Å². The van der Waals surface area contributed by atoms with Crippen molar-refractivity contribution >= 4 is 11.9 Å². The van der Waals surface area contributed by atoms with Gasteiger partial charge in [0.05, 0.1) is 19.1 Å². The molecule has 0 aliphatic carbocycles. The zero-order chi connectivity index (χ0) is 16.4. The molecule has 0 saturated carbocycles. The van der Waals surface area contributed by atoms with Crippen LogP contribution in [0.4, 0.5) is 0 Å². The van der Waals surface area contributed by atoms with Gasteiger partial charge in [0.15, 0.2) is 0 Å². The number of hydroxylamine groups is 1. The van der Waals surface area contributed by atoms with Gasteiger partial charge in [0.2, 0.25) is 0 Å². The van der Waals surface area contributed by atoms with Crippen molar-refractivity contribution in [3.8, 4) is 0 Å². The van der Waals surface area contributed by atoms with E-state index in [9.17, 15) is 9.59 Å². The highest BCUT2D eigenvalue weighted by Crippen LogP contribution is 2.12. The van der Waals surface area contributed by atoms with Crippen LogP contribution in [0.2, 0.25) is 0 Å². The molecule has 122 valence electrons. The minimum absolute atomic E-state index is 0.0135. The Balaban J connectivity index is 2.18. The number of nitrogens with one attached hydrogen (secondary N) is 1. The fourth-order valence-corrected chi connectivity index (χ4v) is 1.91. The Morgan fingerprint density at radius 1 is 1.23 bits per heavy atom. The van der Waals surface area contributed by atoms with Crippen LogP contribution in [0, 0.1) is 11.8 Å². The average molecular weight is 309 g/mol. The molecular formula is C16H23NO5. The predicted molar refractivity (Wildman–Crippen MR) is 80.8 cm³/mol. The summed E-state index contributed by atoms with van der Waals surface area (Å²) >= 11 is 0. The quantitative estimate of drug-likeness (QED) is 0.646. The van der Waals surface area contributed by atoms with Crippen molar-refractivity contribution < 1.29 is 24.3 Å². The van der Waals surface area contributed by atoms with Crippen molar-refractivity contribution in [1.29, 1.82) is 0 Å². The molecule has 0 aliphatic rings.